The van der Waals surface area contributed by atoms with E-state index in [1.807, 2.05) is 19.1 Å². The average Bonchev–Trinajstić information content (AvgIpc) is 2.65. The monoisotopic (exact) mass is 233 g/mol. The van der Waals surface area contributed by atoms with E-state index in [1.165, 1.54) is 0 Å². The molecular formula is C13H19N3O. The largest absolute Gasteiger partial charge is 0.324 e. The van der Waals surface area contributed by atoms with Gasteiger partial charge in [-0.2, -0.15) is 0 Å². The van der Waals surface area contributed by atoms with Crippen molar-refractivity contribution < 1.29 is 0 Å². The van der Waals surface area contributed by atoms with Crippen molar-refractivity contribution in [2.24, 2.45) is 11.7 Å². The topological polar surface area (TPSA) is 74.7 Å². The summed E-state index contributed by atoms with van der Waals surface area (Å²) in [5.74, 6) is 0.428. The van der Waals surface area contributed by atoms with Crippen molar-refractivity contribution in [2.45, 2.75) is 33.2 Å². The summed E-state index contributed by atoms with van der Waals surface area (Å²) in [6.45, 7) is 6.31. The molecule has 2 aromatic rings. The lowest BCUT2D eigenvalue weighted by Crippen LogP contribution is -2.19. The Bertz CT molecular complexity index is 582. The highest BCUT2D eigenvalue weighted by Crippen LogP contribution is 2.26. The molecule has 0 aliphatic carbocycles. The highest BCUT2D eigenvalue weighted by molar-refractivity contribution is 5.76. The SMILES string of the molecule is CCC(C)C(N)c1cc2[nH]c(=O)[nH]c2cc1C. The first-order valence-electron chi connectivity index (χ1n) is 6.01. The van der Waals surface area contributed by atoms with E-state index in [0.717, 1.165) is 28.6 Å². The summed E-state index contributed by atoms with van der Waals surface area (Å²) in [5.41, 5.74) is 9.98. The van der Waals surface area contributed by atoms with E-state index in [2.05, 4.69) is 23.8 Å². The predicted octanol–water partition coefficient (Wildman–Crippen LogP) is 2.21. The van der Waals surface area contributed by atoms with Gasteiger partial charge in [0.1, 0.15) is 0 Å². The highest BCUT2D eigenvalue weighted by Gasteiger charge is 2.16. The molecule has 0 bridgehead atoms. The summed E-state index contributed by atoms with van der Waals surface area (Å²) in [7, 11) is 0. The number of rotatable bonds is 3. The number of fused-ring (bicyclic) bond motifs is 1. The molecule has 17 heavy (non-hydrogen) atoms. The highest BCUT2D eigenvalue weighted by atomic mass is 16.1. The zero-order chi connectivity index (χ0) is 12.6. The maximum absolute atomic E-state index is 11.2. The van der Waals surface area contributed by atoms with Crippen LogP contribution in [0.15, 0.2) is 16.9 Å². The second kappa shape index (κ2) is 4.37. The number of hydrogen-bond acceptors (Lipinski definition) is 2. The van der Waals surface area contributed by atoms with Gasteiger partial charge in [-0.05, 0) is 36.1 Å². The molecule has 4 nitrogen and oxygen atoms in total. The van der Waals surface area contributed by atoms with Gasteiger partial charge >= 0.3 is 5.69 Å². The van der Waals surface area contributed by atoms with E-state index >= 15 is 0 Å². The first-order valence-corrected chi connectivity index (χ1v) is 6.01. The molecule has 0 spiro atoms. The minimum Gasteiger partial charge on any atom is -0.324 e. The smallest absolute Gasteiger partial charge is 0.323 e. The first-order chi connectivity index (χ1) is 8.02. The van der Waals surface area contributed by atoms with Crippen LogP contribution in [0.3, 0.4) is 0 Å². The molecule has 2 atom stereocenters. The second-order valence-electron chi connectivity index (χ2n) is 4.74. The van der Waals surface area contributed by atoms with Gasteiger partial charge in [0, 0.05) is 6.04 Å². The molecule has 0 amide bonds. The van der Waals surface area contributed by atoms with Crippen molar-refractivity contribution in [2.75, 3.05) is 0 Å². The molecule has 2 unspecified atom stereocenters. The van der Waals surface area contributed by atoms with Gasteiger partial charge in [-0.15, -0.1) is 0 Å². The van der Waals surface area contributed by atoms with Gasteiger partial charge in [0.05, 0.1) is 11.0 Å². The molecule has 0 aliphatic rings. The Hall–Kier alpha value is -1.55. The number of aromatic amines is 2. The van der Waals surface area contributed by atoms with Crippen molar-refractivity contribution >= 4 is 11.0 Å². The second-order valence-corrected chi connectivity index (χ2v) is 4.74. The Morgan fingerprint density at radius 3 is 2.47 bits per heavy atom. The Morgan fingerprint density at radius 2 is 1.88 bits per heavy atom. The molecule has 0 radical (unpaired) electrons. The zero-order valence-electron chi connectivity index (χ0n) is 10.5. The molecule has 0 saturated carbocycles. The number of H-pyrrole nitrogens is 2. The average molecular weight is 233 g/mol. The van der Waals surface area contributed by atoms with Gasteiger partial charge < -0.3 is 15.7 Å². The molecule has 4 N–H and O–H groups in total. The molecule has 4 heteroatoms. The van der Waals surface area contributed by atoms with Crippen molar-refractivity contribution in [3.05, 3.63) is 33.7 Å². The Morgan fingerprint density at radius 1 is 1.29 bits per heavy atom. The van der Waals surface area contributed by atoms with Gasteiger partial charge in [-0.1, -0.05) is 20.3 Å². The van der Waals surface area contributed by atoms with Crippen LogP contribution in [0, 0.1) is 12.8 Å². The number of aryl methyl sites for hydroxylation is 1. The lowest BCUT2D eigenvalue weighted by Gasteiger charge is -2.20. The van der Waals surface area contributed by atoms with E-state index in [1.54, 1.807) is 0 Å². The van der Waals surface area contributed by atoms with E-state index < -0.39 is 0 Å². The van der Waals surface area contributed by atoms with E-state index in [4.69, 9.17) is 5.73 Å². The number of nitrogens with two attached hydrogens (primary N) is 1. The zero-order valence-corrected chi connectivity index (χ0v) is 10.5. The maximum atomic E-state index is 11.2. The van der Waals surface area contributed by atoms with Crippen LogP contribution >= 0.6 is 0 Å². The summed E-state index contributed by atoms with van der Waals surface area (Å²) in [5, 5.41) is 0. The van der Waals surface area contributed by atoms with Crippen LogP contribution in [0.25, 0.3) is 11.0 Å². The van der Waals surface area contributed by atoms with Crippen molar-refractivity contribution in [3.8, 4) is 0 Å². The fourth-order valence-electron chi connectivity index (χ4n) is 2.13. The number of nitrogens with one attached hydrogen (secondary N) is 2. The summed E-state index contributed by atoms with van der Waals surface area (Å²) >= 11 is 0. The van der Waals surface area contributed by atoms with Crippen LogP contribution in [0.1, 0.15) is 37.4 Å². The summed E-state index contributed by atoms with van der Waals surface area (Å²) in [6.07, 6.45) is 1.04. The number of hydrogen-bond donors (Lipinski definition) is 3. The molecule has 1 heterocycles. The number of benzene rings is 1. The quantitative estimate of drug-likeness (QED) is 0.760. The molecule has 0 saturated heterocycles. The minimum absolute atomic E-state index is 0.0165. The summed E-state index contributed by atoms with van der Waals surface area (Å²) < 4.78 is 0. The van der Waals surface area contributed by atoms with E-state index in [-0.39, 0.29) is 11.7 Å². The van der Waals surface area contributed by atoms with Gasteiger partial charge in [-0.25, -0.2) is 4.79 Å². The number of aromatic nitrogens is 2. The number of imidazole rings is 1. The standard InChI is InChI=1S/C13H19N3O/c1-4-7(2)12(14)9-6-11-10(5-8(9)3)15-13(17)16-11/h5-7,12H,4,14H2,1-3H3,(H2,15,16,17). The molecule has 2 rings (SSSR count). The summed E-state index contributed by atoms with van der Waals surface area (Å²) in [4.78, 5) is 16.8. The third kappa shape index (κ3) is 2.13. The van der Waals surface area contributed by atoms with Gasteiger partial charge in [-0.3, -0.25) is 0 Å². The van der Waals surface area contributed by atoms with Crippen LogP contribution in [0.4, 0.5) is 0 Å². The third-order valence-electron chi connectivity index (χ3n) is 3.52. The fourth-order valence-corrected chi connectivity index (χ4v) is 2.13. The van der Waals surface area contributed by atoms with Crippen LogP contribution in [0.2, 0.25) is 0 Å². The Balaban J connectivity index is 2.53. The minimum atomic E-state index is -0.173. The van der Waals surface area contributed by atoms with Crippen molar-refractivity contribution in [1.29, 1.82) is 0 Å². The van der Waals surface area contributed by atoms with Crippen molar-refractivity contribution in [3.63, 3.8) is 0 Å². The first kappa shape index (κ1) is 11.9. The van der Waals surface area contributed by atoms with Gasteiger partial charge in [0.2, 0.25) is 0 Å². The van der Waals surface area contributed by atoms with Crippen LogP contribution in [-0.4, -0.2) is 9.97 Å². The normalized spacial score (nSPS) is 15.1. The third-order valence-corrected chi connectivity index (χ3v) is 3.52. The lowest BCUT2D eigenvalue weighted by molar-refractivity contribution is 0.455. The van der Waals surface area contributed by atoms with Gasteiger partial charge in [0.25, 0.3) is 0 Å². The molecular weight excluding hydrogens is 214 g/mol. The summed E-state index contributed by atoms with van der Waals surface area (Å²) in [6, 6.07) is 3.98. The molecule has 1 aromatic carbocycles. The van der Waals surface area contributed by atoms with E-state index in [0.29, 0.717) is 5.92 Å². The van der Waals surface area contributed by atoms with Gasteiger partial charge in [0.15, 0.2) is 0 Å². The van der Waals surface area contributed by atoms with Crippen LogP contribution in [-0.2, 0) is 0 Å². The van der Waals surface area contributed by atoms with Crippen LogP contribution < -0.4 is 11.4 Å². The Labute approximate surface area is 100 Å². The molecule has 1 aromatic heterocycles. The van der Waals surface area contributed by atoms with Crippen LogP contribution in [0.5, 0.6) is 0 Å². The molecule has 0 aliphatic heterocycles. The van der Waals surface area contributed by atoms with Crippen molar-refractivity contribution in [1.82, 2.24) is 9.97 Å². The molecule has 0 fully saturated rings. The Kier molecular flexibility index (Phi) is 3.07. The predicted molar refractivity (Wildman–Crippen MR) is 70.0 cm³/mol. The van der Waals surface area contributed by atoms with E-state index in [9.17, 15) is 4.79 Å². The maximum Gasteiger partial charge on any atom is 0.323 e. The lowest BCUT2D eigenvalue weighted by atomic mass is 9.90. The fraction of sp³-hybridized carbons (Fsp3) is 0.462. The molecule has 92 valence electrons.